The number of aromatic nitrogens is 1. The summed E-state index contributed by atoms with van der Waals surface area (Å²) in [6.07, 6.45) is 7.91. The van der Waals surface area contributed by atoms with Gasteiger partial charge in [0.1, 0.15) is 5.60 Å². The Hall–Kier alpha value is -2.89. The van der Waals surface area contributed by atoms with Gasteiger partial charge in [-0.1, -0.05) is 67.1 Å². The molecule has 0 fully saturated rings. The summed E-state index contributed by atoms with van der Waals surface area (Å²) in [4.78, 5) is 12.7. The first kappa shape index (κ1) is 26.7. The number of allylic oxidation sites excluding steroid dienone is 1. The number of ether oxygens (including phenoxy) is 2. The fourth-order valence-electron chi connectivity index (χ4n) is 4.05. The molecule has 5 heteroatoms. The summed E-state index contributed by atoms with van der Waals surface area (Å²) in [5.74, 6) is 0. The van der Waals surface area contributed by atoms with E-state index >= 15 is 0 Å². The average Bonchev–Trinajstić information content (AvgIpc) is 3.21. The smallest absolute Gasteiger partial charge is 0.419 e. The van der Waals surface area contributed by atoms with Crippen molar-refractivity contribution in [2.24, 2.45) is 0 Å². The van der Waals surface area contributed by atoms with Crippen molar-refractivity contribution < 1.29 is 14.3 Å². The number of hydrogen-bond acceptors (Lipinski definition) is 4. The van der Waals surface area contributed by atoms with Crippen molar-refractivity contribution in [1.29, 1.82) is 0 Å². The molecule has 0 atom stereocenters. The number of para-hydroxylation sites is 1. The van der Waals surface area contributed by atoms with Crippen LogP contribution in [-0.2, 0) is 22.5 Å². The molecule has 35 heavy (non-hydrogen) atoms. The van der Waals surface area contributed by atoms with Crippen molar-refractivity contribution in [3.63, 3.8) is 0 Å². The predicted octanol–water partition coefficient (Wildman–Crippen LogP) is 6.89. The van der Waals surface area contributed by atoms with Crippen LogP contribution in [0.1, 0.15) is 58.1 Å². The third-order valence-electron chi connectivity index (χ3n) is 5.86. The minimum absolute atomic E-state index is 0.334. The normalized spacial score (nSPS) is 12.3. The molecule has 0 amide bonds. The van der Waals surface area contributed by atoms with E-state index in [2.05, 4.69) is 36.5 Å². The van der Waals surface area contributed by atoms with Gasteiger partial charge in [-0.2, -0.15) is 0 Å². The van der Waals surface area contributed by atoms with Crippen LogP contribution in [0.5, 0.6) is 0 Å². The van der Waals surface area contributed by atoms with E-state index in [9.17, 15) is 4.79 Å². The fraction of sp³-hybridized carbons (Fsp3) is 0.433. The van der Waals surface area contributed by atoms with Crippen LogP contribution in [0.4, 0.5) is 4.79 Å². The molecular formula is C30H40N2O3. The zero-order valence-corrected chi connectivity index (χ0v) is 21.7. The first-order chi connectivity index (χ1) is 16.9. The maximum absolute atomic E-state index is 12.7. The van der Waals surface area contributed by atoms with E-state index < -0.39 is 5.60 Å². The monoisotopic (exact) mass is 476 g/mol. The quantitative estimate of drug-likeness (QED) is 0.228. The van der Waals surface area contributed by atoms with Crippen molar-refractivity contribution in [2.75, 3.05) is 19.7 Å². The van der Waals surface area contributed by atoms with E-state index in [1.54, 1.807) is 4.57 Å². The molecule has 0 unspecified atom stereocenters. The molecule has 0 saturated carbocycles. The van der Waals surface area contributed by atoms with Gasteiger partial charge in [-0.15, -0.1) is 0 Å². The topological polar surface area (TPSA) is 52.5 Å². The lowest BCUT2D eigenvalue weighted by atomic mass is 10.1. The zero-order valence-electron chi connectivity index (χ0n) is 21.7. The highest BCUT2D eigenvalue weighted by Gasteiger charge is 2.20. The Morgan fingerprint density at radius 2 is 1.77 bits per heavy atom. The largest absolute Gasteiger partial charge is 0.443 e. The van der Waals surface area contributed by atoms with E-state index in [0.29, 0.717) is 13.2 Å². The summed E-state index contributed by atoms with van der Waals surface area (Å²) < 4.78 is 13.0. The first-order valence-electron chi connectivity index (χ1n) is 12.7. The van der Waals surface area contributed by atoms with Gasteiger partial charge in [-0.05, 0) is 76.7 Å². The van der Waals surface area contributed by atoms with Crippen LogP contribution in [0.25, 0.3) is 10.9 Å². The third-order valence-corrected chi connectivity index (χ3v) is 5.86. The van der Waals surface area contributed by atoms with E-state index in [-0.39, 0.29) is 6.09 Å². The van der Waals surface area contributed by atoms with Gasteiger partial charge in [0.2, 0.25) is 0 Å². The molecule has 3 aromatic rings. The molecule has 0 aliphatic rings. The first-order valence-corrected chi connectivity index (χ1v) is 12.7. The SMILES string of the molecule is CC/C(=C\COCc1ccccc1)CCCNCCc1cn(C(=O)OC(C)(C)C)c2ccccc12. The molecule has 3 rings (SSSR count). The highest BCUT2D eigenvalue weighted by Crippen LogP contribution is 2.23. The number of fused-ring (bicyclic) bond motifs is 1. The standard InChI is InChI=1S/C30H40N2O3/c1-5-24(18-21-34-23-25-12-7-6-8-13-25)14-11-19-31-20-17-26-22-32(29(33)35-30(2,3)4)28-16-10-9-15-27(26)28/h6-10,12-13,15-16,18,22,31H,5,11,14,17,19-21,23H2,1-4H3/b24-18+. The molecule has 1 aromatic heterocycles. The van der Waals surface area contributed by atoms with Crippen molar-refractivity contribution in [3.8, 4) is 0 Å². The molecule has 0 spiro atoms. The van der Waals surface area contributed by atoms with E-state index in [0.717, 1.165) is 55.2 Å². The van der Waals surface area contributed by atoms with Gasteiger partial charge in [-0.25, -0.2) is 4.79 Å². The van der Waals surface area contributed by atoms with E-state index in [4.69, 9.17) is 9.47 Å². The maximum atomic E-state index is 12.7. The van der Waals surface area contributed by atoms with E-state index in [1.807, 2.05) is 63.4 Å². The van der Waals surface area contributed by atoms with Crippen LogP contribution in [0.3, 0.4) is 0 Å². The summed E-state index contributed by atoms with van der Waals surface area (Å²) in [7, 11) is 0. The molecule has 1 N–H and O–H groups in total. The van der Waals surface area contributed by atoms with Crippen LogP contribution in [-0.4, -0.2) is 36.0 Å². The Kier molecular flexibility index (Phi) is 10.1. The third kappa shape index (κ3) is 8.68. The lowest BCUT2D eigenvalue weighted by Crippen LogP contribution is -2.26. The number of rotatable bonds is 12. The lowest BCUT2D eigenvalue weighted by molar-refractivity contribution is 0.0544. The van der Waals surface area contributed by atoms with E-state index in [1.165, 1.54) is 11.1 Å². The van der Waals surface area contributed by atoms with Gasteiger partial charge in [0, 0.05) is 11.6 Å². The van der Waals surface area contributed by atoms with Crippen LogP contribution in [0.2, 0.25) is 0 Å². The van der Waals surface area contributed by atoms with Gasteiger partial charge in [0.15, 0.2) is 0 Å². The van der Waals surface area contributed by atoms with Gasteiger partial charge in [0.25, 0.3) is 0 Å². The summed E-state index contributed by atoms with van der Waals surface area (Å²) in [5, 5.41) is 4.66. The highest BCUT2D eigenvalue weighted by atomic mass is 16.6. The second-order valence-electron chi connectivity index (χ2n) is 9.84. The number of carbonyl (C=O) groups excluding carboxylic acids is 1. The molecule has 1 heterocycles. The van der Waals surface area contributed by atoms with Crippen molar-refractivity contribution in [2.45, 2.75) is 65.6 Å². The summed E-state index contributed by atoms with van der Waals surface area (Å²) >= 11 is 0. The fourth-order valence-corrected chi connectivity index (χ4v) is 4.05. The number of nitrogens with zero attached hydrogens (tertiary/aromatic N) is 1. The molecule has 0 bridgehead atoms. The predicted molar refractivity (Wildman–Crippen MR) is 144 cm³/mol. The minimum atomic E-state index is -0.524. The van der Waals surface area contributed by atoms with Crippen molar-refractivity contribution in [3.05, 3.63) is 83.6 Å². The van der Waals surface area contributed by atoms with Gasteiger partial charge in [-0.3, -0.25) is 4.57 Å². The van der Waals surface area contributed by atoms with Crippen molar-refractivity contribution >= 4 is 17.0 Å². The molecule has 0 aliphatic heterocycles. The second-order valence-corrected chi connectivity index (χ2v) is 9.84. The Bertz CT molecular complexity index is 1090. The number of hydrogen-bond donors (Lipinski definition) is 1. The zero-order chi connectivity index (χ0) is 25.1. The van der Waals surface area contributed by atoms with Crippen LogP contribution in [0, 0.1) is 0 Å². The van der Waals surface area contributed by atoms with Crippen molar-refractivity contribution in [1.82, 2.24) is 9.88 Å². The maximum Gasteiger partial charge on any atom is 0.419 e. The van der Waals surface area contributed by atoms with Crippen LogP contribution in [0.15, 0.2) is 72.4 Å². The molecular weight excluding hydrogens is 436 g/mol. The Morgan fingerprint density at radius 1 is 1.03 bits per heavy atom. The Balaban J connectivity index is 1.41. The van der Waals surface area contributed by atoms with Gasteiger partial charge < -0.3 is 14.8 Å². The number of benzene rings is 2. The Labute approximate surface area is 210 Å². The second kappa shape index (κ2) is 13.3. The molecule has 188 valence electrons. The summed E-state index contributed by atoms with van der Waals surface area (Å²) in [5.41, 5.74) is 4.18. The average molecular weight is 477 g/mol. The summed E-state index contributed by atoms with van der Waals surface area (Å²) in [6.45, 7) is 11.0. The number of carbonyl (C=O) groups is 1. The molecule has 0 aliphatic carbocycles. The van der Waals surface area contributed by atoms with Gasteiger partial charge in [0.05, 0.1) is 18.7 Å². The lowest BCUT2D eigenvalue weighted by Gasteiger charge is -2.19. The number of nitrogens with one attached hydrogen (secondary N) is 1. The van der Waals surface area contributed by atoms with Crippen LogP contribution < -0.4 is 5.32 Å². The minimum Gasteiger partial charge on any atom is -0.443 e. The molecule has 0 radical (unpaired) electrons. The van der Waals surface area contributed by atoms with Gasteiger partial charge >= 0.3 is 6.09 Å². The Morgan fingerprint density at radius 3 is 2.51 bits per heavy atom. The summed E-state index contributed by atoms with van der Waals surface area (Å²) in [6, 6.07) is 18.3. The molecule has 0 saturated heterocycles. The molecule has 5 nitrogen and oxygen atoms in total. The molecule has 2 aromatic carbocycles. The highest BCUT2D eigenvalue weighted by molar-refractivity contribution is 5.92. The van der Waals surface area contributed by atoms with Crippen LogP contribution >= 0.6 is 0 Å².